The Kier molecular flexibility index (Phi) is 4.92. The van der Waals surface area contributed by atoms with Gasteiger partial charge in [0, 0.05) is 26.1 Å². The second-order valence-electron chi connectivity index (χ2n) is 7.08. The minimum absolute atomic E-state index is 0.214. The number of aryl methyl sites for hydroxylation is 1. The van der Waals surface area contributed by atoms with Crippen molar-refractivity contribution in [2.45, 2.75) is 43.7 Å². The fourth-order valence-corrected chi connectivity index (χ4v) is 5.53. The van der Waals surface area contributed by atoms with Crippen LogP contribution in [0.1, 0.15) is 36.1 Å². The van der Waals surface area contributed by atoms with E-state index in [1.165, 1.54) is 11.4 Å². The molecule has 0 saturated carbocycles. The first-order valence-electron chi connectivity index (χ1n) is 9.31. The molecule has 0 amide bonds. The summed E-state index contributed by atoms with van der Waals surface area (Å²) in [7, 11) is -2.15. The van der Waals surface area contributed by atoms with Gasteiger partial charge in [-0.15, -0.1) is 10.2 Å². The normalized spacial score (nSPS) is 21.0. The van der Waals surface area contributed by atoms with Gasteiger partial charge in [-0.3, -0.25) is 0 Å². The summed E-state index contributed by atoms with van der Waals surface area (Å²) in [5, 5.41) is 12.1. The Morgan fingerprint density at radius 1 is 1.22 bits per heavy atom. The number of aromatic nitrogens is 3. The highest BCUT2D eigenvalue weighted by Gasteiger charge is 2.32. The molecule has 1 saturated heterocycles. The molecule has 1 N–H and O–H groups in total. The third-order valence-electron chi connectivity index (χ3n) is 5.32. The predicted molar refractivity (Wildman–Crippen MR) is 100 cm³/mol. The molecule has 9 heteroatoms. The summed E-state index contributed by atoms with van der Waals surface area (Å²) in [6.07, 6.45) is 2.72. The Morgan fingerprint density at radius 2 is 2.07 bits per heavy atom. The van der Waals surface area contributed by atoms with E-state index in [9.17, 15) is 8.42 Å². The Morgan fingerprint density at radius 3 is 2.81 bits per heavy atom. The molecule has 0 spiro atoms. The van der Waals surface area contributed by atoms with E-state index < -0.39 is 10.0 Å². The maximum absolute atomic E-state index is 13.3. The van der Waals surface area contributed by atoms with Gasteiger partial charge >= 0.3 is 0 Å². The summed E-state index contributed by atoms with van der Waals surface area (Å²) in [5.41, 5.74) is 0.885. The first kappa shape index (κ1) is 18.4. The molecule has 2 aliphatic rings. The largest absolute Gasteiger partial charge is 0.495 e. The van der Waals surface area contributed by atoms with E-state index in [-0.39, 0.29) is 10.9 Å². The van der Waals surface area contributed by atoms with Crippen molar-refractivity contribution in [2.75, 3.05) is 26.7 Å². The lowest BCUT2D eigenvalue weighted by atomic mass is 10.2. The fraction of sp³-hybridized carbons (Fsp3) is 0.556. The molecular formula is C18H25N5O3S. The number of hydrogen-bond donors (Lipinski definition) is 1. The van der Waals surface area contributed by atoms with Gasteiger partial charge < -0.3 is 14.6 Å². The van der Waals surface area contributed by atoms with E-state index in [0.717, 1.165) is 36.6 Å². The van der Waals surface area contributed by atoms with Gasteiger partial charge in [-0.2, -0.15) is 4.31 Å². The van der Waals surface area contributed by atoms with Crippen LogP contribution < -0.4 is 10.1 Å². The van der Waals surface area contributed by atoms with Crippen molar-refractivity contribution in [2.24, 2.45) is 0 Å². The quantitative estimate of drug-likeness (QED) is 0.844. The molecule has 8 nitrogen and oxygen atoms in total. The monoisotopic (exact) mass is 391 g/mol. The van der Waals surface area contributed by atoms with Crippen LogP contribution in [0.2, 0.25) is 0 Å². The van der Waals surface area contributed by atoms with Crippen LogP contribution in [0.15, 0.2) is 23.1 Å². The molecule has 1 unspecified atom stereocenters. The van der Waals surface area contributed by atoms with Gasteiger partial charge in [0.25, 0.3) is 0 Å². The van der Waals surface area contributed by atoms with Crippen molar-refractivity contribution in [1.29, 1.82) is 0 Å². The number of nitrogens with one attached hydrogen (secondary N) is 1. The molecule has 27 heavy (non-hydrogen) atoms. The number of sulfonamides is 1. The number of methoxy groups -OCH3 is 1. The van der Waals surface area contributed by atoms with Gasteiger partial charge in [-0.25, -0.2) is 8.42 Å². The maximum Gasteiger partial charge on any atom is 0.246 e. The molecule has 2 aromatic rings. The summed E-state index contributed by atoms with van der Waals surface area (Å²) in [6, 6.07) is 5.44. The van der Waals surface area contributed by atoms with Crippen LogP contribution in [0.4, 0.5) is 0 Å². The molecule has 0 radical (unpaired) electrons. The van der Waals surface area contributed by atoms with E-state index in [2.05, 4.69) is 20.1 Å². The third kappa shape index (κ3) is 3.35. The first-order valence-corrected chi connectivity index (χ1v) is 10.7. The Bertz CT molecular complexity index is 934. The number of ether oxygens (including phenoxy) is 1. The predicted octanol–water partition coefficient (Wildman–Crippen LogP) is 1.27. The van der Waals surface area contributed by atoms with Crippen LogP contribution in [0.5, 0.6) is 5.75 Å². The number of nitrogens with zero attached hydrogens (tertiary/aromatic N) is 4. The first-order chi connectivity index (χ1) is 13.0. The molecule has 3 heterocycles. The molecule has 4 rings (SSSR count). The second-order valence-corrected chi connectivity index (χ2v) is 8.99. The Hall–Kier alpha value is -1.97. The summed E-state index contributed by atoms with van der Waals surface area (Å²) in [6.45, 7) is 4.20. The van der Waals surface area contributed by atoms with Crippen LogP contribution in [0, 0.1) is 6.92 Å². The Labute approximate surface area is 159 Å². The lowest BCUT2D eigenvalue weighted by Gasteiger charge is -2.21. The molecule has 1 atom stereocenters. The minimum Gasteiger partial charge on any atom is -0.495 e. The van der Waals surface area contributed by atoms with Crippen LogP contribution in [-0.4, -0.2) is 54.2 Å². The lowest BCUT2D eigenvalue weighted by molar-refractivity contribution is 0.387. The van der Waals surface area contributed by atoms with Crippen molar-refractivity contribution < 1.29 is 13.2 Å². The SMILES string of the molecule is COc1ccc(C)cc1S(=O)(=O)N1CCc2nnc(C3CCCN3)n2CC1. The number of benzene rings is 1. The van der Waals surface area contributed by atoms with Crippen LogP contribution >= 0.6 is 0 Å². The van der Waals surface area contributed by atoms with Crippen molar-refractivity contribution in [3.8, 4) is 5.75 Å². The summed E-state index contributed by atoms with van der Waals surface area (Å²) < 4.78 is 35.5. The standard InChI is InChI=1S/C18H25N5O3S/c1-13-5-6-15(26-2)16(12-13)27(24,25)22-9-7-17-20-21-18(23(17)11-10-22)14-4-3-8-19-14/h5-6,12,14,19H,3-4,7-11H2,1-2H3. The van der Waals surface area contributed by atoms with Crippen molar-refractivity contribution >= 4 is 10.0 Å². The number of fused-ring (bicyclic) bond motifs is 1. The van der Waals surface area contributed by atoms with Crippen LogP contribution in [0.3, 0.4) is 0 Å². The highest BCUT2D eigenvalue weighted by atomic mass is 32.2. The molecule has 0 bridgehead atoms. The third-order valence-corrected chi connectivity index (χ3v) is 7.24. The molecule has 1 aromatic heterocycles. The van der Waals surface area contributed by atoms with Gasteiger partial charge in [0.2, 0.25) is 10.0 Å². The van der Waals surface area contributed by atoms with E-state index in [1.807, 2.05) is 13.0 Å². The van der Waals surface area contributed by atoms with E-state index in [0.29, 0.717) is 31.8 Å². The average Bonchev–Trinajstić information content (AvgIpc) is 3.27. The zero-order chi connectivity index (χ0) is 19.0. The van der Waals surface area contributed by atoms with Crippen molar-refractivity contribution in [3.63, 3.8) is 0 Å². The fourth-order valence-electron chi connectivity index (χ4n) is 3.85. The van der Waals surface area contributed by atoms with Gasteiger partial charge in [-0.05, 0) is 44.0 Å². The van der Waals surface area contributed by atoms with Gasteiger partial charge in [0.1, 0.15) is 22.3 Å². The smallest absolute Gasteiger partial charge is 0.246 e. The zero-order valence-electron chi connectivity index (χ0n) is 15.7. The zero-order valence-corrected chi connectivity index (χ0v) is 16.5. The van der Waals surface area contributed by atoms with Crippen molar-refractivity contribution in [3.05, 3.63) is 35.4 Å². The van der Waals surface area contributed by atoms with E-state index >= 15 is 0 Å². The van der Waals surface area contributed by atoms with Crippen LogP contribution in [0.25, 0.3) is 0 Å². The van der Waals surface area contributed by atoms with Crippen LogP contribution in [-0.2, 0) is 23.0 Å². The van der Waals surface area contributed by atoms with Crippen molar-refractivity contribution in [1.82, 2.24) is 24.4 Å². The molecule has 146 valence electrons. The molecule has 1 fully saturated rings. The summed E-state index contributed by atoms with van der Waals surface area (Å²) in [5.74, 6) is 2.16. The molecule has 1 aromatic carbocycles. The molecule has 2 aliphatic heterocycles. The highest BCUT2D eigenvalue weighted by molar-refractivity contribution is 7.89. The second kappa shape index (κ2) is 7.21. The van der Waals surface area contributed by atoms with E-state index in [1.54, 1.807) is 12.1 Å². The van der Waals surface area contributed by atoms with Gasteiger partial charge in [0.05, 0.1) is 13.2 Å². The van der Waals surface area contributed by atoms with Gasteiger partial charge in [0.15, 0.2) is 0 Å². The molecule has 0 aliphatic carbocycles. The lowest BCUT2D eigenvalue weighted by Crippen LogP contribution is -2.34. The van der Waals surface area contributed by atoms with Gasteiger partial charge in [-0.1, -0.05) is 6.07 Å². The minimum atomic E-state index is -3.65. The van der Waals surface area contributed by atoms with E-state index in [4.69, 9.17) is 4.74 Å². The maximum atomic E-state index is 13.3. The topological polar surface area (TPSA) is 89.4 Å². The Balaban J connectivity index is 1.61. The summed E-state index contributed by atoms with van der Waals surface area (Å²) in [4.78, 5) is 0.223. The number of hydrogen-bond acceptors (Lipinski definition) is 6. The number of rotatable bonds is 4. The average molecular weight is 391 g/mol. The summed E-state index contributed by atoms with van der Waals surface area (Å²) >= 11 is 0. The molecular weight excluding hydrogens is 366 g/mol. The highest BCUT2D eigenvalue weighted by Crippen LogP contribution is 2.29.